The number of esters is 2. The molecule has 0 aliphatic carbocycles. The molecule has 0 aromatic heterocycles. The summed E-state index contributed by atoms with van der Waals surface area (Å²) in [6.45, 7) is 11.1. The fraction of sp³-hybridized carbons (Fsp3) is 0.911. The second-order valence-corrected chi connectivity index (χ2v) is 15.0. The van der Waals surface area contributed by atoms with Crippen LogP contribution in [0.2, 0.25) is 0 Å². The van der Waals surface area contributed by atoms with Crippen LogP contribution >= 0.6 is 0 Å². The molecule has 0 bridgehead atoms. The van der Waals surface area contributed by atoms with Gasteiger partial charge in [-0.15, -0.1) is 0 Å². The fourth-order valence-corrected chi connectivity index (χ4v) is 6.73. The van der Waals surface area contributed by atoms with Gasteiger partial charge >= 0.3 is 11.9 Å². The summed E-state index contributed by atoms with van der Waals surface area (Å²) < 4.78 is 11.1. The Kier molecular flexibility index (Phi) is 39.9. The van der Waals surface area contributed by atoms with Crippen molar-refractivity contribution in [1.82, 2.24) is 4.90 Å². The van der Waals surface area contributed by atoms with Crippen molar-refractivity contribution in [3.05, 3.63) is 0 Å². The van der Waals surface area contributed by atoms with Crippen LogP contribution in [-0.4, -0.2) is 61.4 Å². The van der Waals surface area contributed by atoms with Crippen molar-refractivity contribution in [2.24, 2.45) is 5.92 Å². The largest absolute Gasteiger partial charge is 0.465 e. The van der Waals surface area contributed by atoms with Gasteiger partial charge < -0.3 is 19.5 Å². The molecule has 0 aliphatic rings. The van der Waals surface area contributed by atoms with Crippen molar-refractivity contribution in [2.75, 3.05) is 39.5 Å². The fourth-order valence-electron chi connectivity index (χ4n) is 6.73. The lowest BCUT2D eigenvalue weighted by atomic mass is 9.94. The van der Waals surface area contributed by atoms with Gasteiger partial charge in [0.25, 0.3) is 0 Å². The molecule has 0 fully saturated rings. The zero-order chi connectivity index (χ0) is 37.3. The molecule has 300 valence electrons. The molecule has 1 unspecified atom stereocenters. The van der Waals surface area contributed by atoms with Crippen LogP contribution < -0.4 is 0 Å². The highest BCUT2D eigenvalue weighted by Crippen LogP contribution is 2.21. The molecule has 0 spiro atoms. The van der Waals surface area contributed by atoms with Crippen molar-refractivity contribution in [3.8, 4) is 11.8 Å². The number of hydrogen-bond acceptors (Lipinski definition) is 6. The lowest BCUT2D eigenvalue weighted by Crippen LogP contribution is -2.27. The molecule has 0 radical (unpaired) electrons. The van der Waals surface area contributed by atoms with Gasteiger partial charge in [-0.25, -0.2) is 4.79 Å². The standard InChI is InChI=1S/C45H85NO5/c1-4-7-10-13-15-16-17-21-28-36-44(48)50-41-31-24-18-22-29-37-46(39-33-40-47)38-30-23-19-25-32-42-51-45(49)43(34-26-12-9-6-3)35-27-20-14-11-8-5-2/h43,47H,4-27,29-35,37-42H2,1-3H3. The van der Waals surface area contributed by atoms with E-state index in [0.29, 0.717) is 13.2 Å². The Bertz CT molecular complexity index is 806. The minimum Gasteiger partial charge on any atom is -0.465 e. The van der Waals surface area contributed by atoms with E-state index in [1.165, 1.54) is 122 Å². The van der Waals surface area contributed by atoms with Crippen LogP contribution in [0.25, 0.3) is 0 Å². The lowest BCUT2D eigenvalue weighted by Gasteiger charge is -2.22. The van der Waals surface area contributed by atoms with E-state index in [1.54, 1.807) is 0 Å². The van der Waals surface area contributed by atoms with Gasteiger partial charge in [-0.1, -0.05) is 168 Å². The molecule has 1 N–H and O–H groups in total. The highest BCUT2D eigenvalue weighted by atomic mass is 16.5. The predicted octanol–water partition coefficient (Wildman–Crippen LogP) is 12.1. The maximum absolute atomic E-state index is 12.9. The molecule has 0 amide bonds. The van der Waals surface area contributed by atoms with Crippen molar-refractivity contribution in [2.45, 2.75) is 220 Å². The Morgan fingerprint density at radius 2 is 0.922 bits per heavy atom. The number of carbonyl (C=O) groups excluding carboxylic acids is 2. The molecule has 1 atom stereocenters. The number of rotatable bonds is 39. The van der Waals surface area contributed by atoms with Gasteiger partial charge in [0.05, 0.1) is 19.1 Å². The number of hydrogen-bond donors (Lipinski definition) is 1. The Hall–Kier alpha value is -1.58. The van der Waals surface area contributed by atoms with Crippen LogP contribution in [-0.2, 0) is 19.1 Å². The summed E-state index contributed by atoms with van der Waals surface area (Å²) in [5.74, 6) is 5.39. The van der Waals surface area contributed by atoms with Crippen molar-refractivity contribution < 1.29 is 24.2 Å². The summed E-state index contributed by atoms with van der Waals surface area (Å²) in [7, 11) is 0. The van der Waals surface area contributed by atoms with Gasteiger partial charge in [-0.05, 0) is 64.5 Å². The second kappa shape index (κ2) is 41.2. The molecule has 0 aliphatic heterocycles. The lowest BCUT2D eigenvalue weighted by molar-refractivity contribution is -0.149. The molecule has 0 aromatic rings. The van der Waals surface area contributed by atoms with Gasteiger partial charge in [-0.3, -0.25) is 4.79 Å². The molecule has 6 heteroatoms. The molecule has 0 heterocycles. The van der Waals surface area contributed by atoms with Gasteiger partial charge in [0.1, 0.15) is 0 Å². The normalized spacial score (nSPS) is 11.8. The summed E-state index contributed by atoms with van der Waals surface area (Å²) in [5.41, 5.74) is 0. The zero-order valence-electron chi connectivity index (χ0n) is 34.3. The smallest absolute Gasteiger partial charge is 0.384 e. The van der Waals surface area contributed by atoms with E-state index in [2.05, 4.69) is 37.5 Å². The average molecular weight is 720 g/mol. The number of ether oxygens (including phenoxy) is 2. The molecule has 0 rings (SSSR count). The quantitative estimate of drug-likeness (QED) is 0.0295. The SMILES string of the molecule is CCCCCCCCCC#CC(=O)OCCCCCCCN(CCCO)CCCCCCCOC(=O)C(CCCCCC)CCCCCCCC. The van der Waals surface area contributed by atoms with Crippen LogP contribution in [0.3, 0.4) is 0 Å². The van der Waals surface area contributed by atoms with E-state index in [-0.39, 0.29) is 24.5 Å². The topological polar surface area (TPSA) is 76.1 Å². The van der Waals surface area contributed by atoms with Crippen LogP contribution in [0.4, 0.5) is 0 Å². The third-order valence-electron chi connectivity index (χ3n) is 10.1. The van der Waals surface area contributed by atoms with Crippen molar-refractivity contribution >= 4 is 11.9 Å². The summed E-state index contributed by atoms with van der Waals surface area (Å²) in [5, 5.41) is 9.37. The molecule has 0 saturated carbocycles. The number of unbranched alkanes of at least 4 members (excludes halogenated alkanes) is 23. The van der Waals surface area contributed by atoms with E-state index >= 15 is 0 Å². The maximum Gasteiger partial charge on any atom is 0.384 e. The van der Waals surface area contributed by atoms with Crippen LogP contribution in [0.1, 0.15) is 220 Å². The molecule has 0 saturated heterocycles. The Morgan fingerprint density at radius 3 is 1.45 bits per heavy atom. The summed E-state index contributed by atoms with van der Waals surface area (Å²) in [6, 6.07) is 0. The van der Waals surface area contributed by atoms with Crippen molar-refractivity contribution in [3.63, 3.8) is 0 Å². The first-order valence-corrected chi connectivity index (χ1v) is 22.2. The third kappa shape index (κ3) is 36.6. The van der Waals surface area contributed by atoms with Gasteiger partial charge in [-0.2, -0.15) is 0 Å². The Morgan fingerprint density at radius 1 is 0.510 bits per heavy atom. The number of aliphatic hydroxyl groups excluding tert-OH is 1. The molecular weight excluding hydrogens is 634 g/mol. The summed E-state index contributed by atoms with van der Waals surface area (Å²) >= 11 is 0. The first-order chi connectivity index (χ1) is 25.1. The van der Waals surface area contributed by atoms with E-state index in [1.807, 2.05) is 0 Å². The minimum absolute atomic E-state index is 0.0532. The van der Waals surface area contributed by atoms with Crippen LogP contribution in [0.5, 0.6) is 0 Å². The minimum atomic E-state index is -0.378. The van der Waals surface area contributed by atoms with Crippen LogP contribution in [0, 0.1) is 17.8 Å². The maximum atomic E-state index is 12.9. The molecular formula is C45H85NO5. The predicted molar refractivity (Wildman–Crippen MR) is 217 cm³/mol. The van der Waals surface area contributed by atoms with Crippen LogP contribution in [0.15, 0.2) is 0 Å². The summed E-state index contributed by atoms with van der Waals surface area (Å²) in [6.07, 6.45) is 36.0. The zero-order valence-corrected chi connectivity index (χ0v) is 34.3. The molecule has 51 heavy (non-hydrogen) atoms. The van der Waals surface area contributed by atoms with Crippen molar-refractivity contribution in [1.29, 1.82) is 0 Å². The average Bonchev–Trinajstić information content (AvgIpc) is 3.13. The van der Waals surface area contributed by atoms with Gasteiger partial charge in [0.2, 0.25) is 0 Å². The number of nitrogens with zero attached hydrogens (tertiary/aromatic N) is 1. The number of aliphatic hydroxyl groups is 1. The highest BCUT2D eigenvalue weighted by Gasteiger charge is 2.19. The molecule has 0 aromatic carbocycles. The van der Waals surface area contributed by atoms with E-state index in [4.69, 9.17) is 9.47 Å². The van der Waals surface area contributed by atoms with E-state index < -0.39 is 0 Å². The Labute approximate surface area is 317 Å². The first kappa shape index (κ1) is 49.4. The summed E-state index contributed by atoms with van der Waals surface area (Å²) in [4.78, 5) is 27.2. The van der Waals surface area contributed by atoms with E-state index in [9.17, 15) is 14.7 Å². The number of carbonyl (C=O) groups is 2. The highest BCUT2D eigenvalue weighted by molar-refractivity contribution is 5.88. The Balaban J connectivity index is 3.97. The second-order valence-electron chi connectivity index (χ2n) is 15.0. The first-order valence-electron chi connectivity index (χ1n) is 22.2. The third-order valence-corrected chi connectivity index (χ3v) is 10.1. The van der Waals surface area contributed by atoms with Gasteiger partial charge in [0.15, 0.2) is 0 Å². The van der Waals surface area contributed by atoms with Gasteiger partial charge in [0, 0.05) is 25.5 Å². The monoisotopic (exact) mass is 720 g/mol. The molecule has 6 nitrogen and oxygen atoms in total. The van der Waals surface area contributed by atoms with E-state index in [0.717, 1.165) is 96.7 Å².